The molecule has 0 saturated carbocycles. The van der Waals surface area contributed by atoms with Crippen molar-refractivity contribution in [1.29, 1.82) is 0 Å². The molecule has 8 heteroatoms. The summed E-state index contributed by atoms with van der Waals surface area (Å²) >= 11 is 0. The number of nitrogens with two attached hydrogens (primary N) is 1. The van der Waals surface area contributed by atoms with Crippen LogP contribution in [0.15, 0.2) is 6.07 Å². The van der Waals surface area contributed by atoms with E-state index in [1.165, 1.54) is 34.5 Å². The van der Waals surface area contributed by atoms with Gasteiger partial charge in [0, 0.05) is 6.07 Å². The molecule has 0 spiro atoms. The number of carbonyl (C=O) groups excluding carboxylic acids is 2. The van der Waals surface area contributed by atoms with Gasteiger partial charge in [-0.3, -0.25) is 0 Å². The molecule has 8 nitrogen and oxygen atoms in total. The molecule has 0 fully saturated rings. The van der Waals surface area contributed by atoms with E-state index in [4.69, 9.17) is 19.9 Å². The zero-order valence-electron chi connectivity index (χ0n) is 11.6. The smallest absolute Gasteiger partial charge is 0.340 e. The Labute approximate surface area is 115 Å². The van der Waals surface area contributed by atoms with Gasteiger partial charge < -0.3 is 30.0 Å². The minimum Gasteiger partial charge on any atom is -0.493 e. The molecule has 0 saturated heterocycles. The number of ether oxygens (including phenoxy) is 4. The Morgan fingerprint density at radius 3 is 2.05 bits per heavy atom. The fourth-order valence-corrected chi connectivity index (χ4v) is 1.67. The molecule has 0 aliphatic rings. The highest BCUT2D eigenvalue weighted by molar-refractivity contribution is 6.03. The van der Waals surface area contributed by atoms with Gasteiger partial charge in [-0.05, 0) is 0 Å². The van der Waals surface area contributed by atoms with E-state index in [-0.39, 0.29) is 28.5 Å². The molecule has 110 valence electrons. The maximum absolute atomic E-state index is 11.8. The minimum absolute atomic E-state index is 0.0285. The lowest BCUT2D eigenvalue weighted by atomic mass is 10.1. The van der Waals surface area contributed by atoms with Gasteiger partial charge in [0.05, 0.1) is 34.0 Å². The summed E-state index contributed by atoms with van der Waals surface area (Å²) in [6.07, 6.45) is 0. The molecule has 0 unspecified atom stereocenters. The highest BCUT2D eigenvalue weighted by Gasteiger charge is 2.25. The van der Waals surface area contributed by atoms with E-state index in [1.54, 1.807) is 0 Å². The number of hydrogen-bond donors (Lipinski definition) is 2. The standard InChI is InChI=1S/C12H16N2O6/c1-17-7-5-6(11(15)20-4)8(14-12(13)16)10(19-3)9(7)18-2/h5H,1-4H3,(H3,13,14,16). The van der Waals surface area contributed by atoms with Crippen LogP contribution < -0.4 is 25.3 Å². The molecule has 0 radical (unpaired) electrons. The number of esters is 1. The first-order valence-electron chi connectivity index (χ1n) is 5.47. The first-order valence-corrected chi connectivity index (χ1v) is 5.47. The lowest BCUT2D eigenvalue weighted by molar-refractivity contribution is 0.0601. The highest BCUT2D eigenvalue weighted by atomic mass is 16.5. The number of benzene rings is 1. The lowest BCUT2D eigenvalue weighted by Crippen LogP contribution is -2.22. The molecule has 2 amide bonds. The van der Waals surface area contributed by atoms with E-state index in [0.29, 0.717) is 0 Å². The molecule has 1 aromatic carbocycles. The van der Waals surface area contributed by atoms with Crippen LogP contribution in [0.25, 0.3) is 0 Å². The van der Waals surface area contributed by atoms with Crippen molar-refractivity contribution in [3.05, 3.63) is 11.6 Å². The van der Waals surface area contributed by atoms with Crippen LogP contribution in [0, 0.1) is 0 Å². The van der Waals surface area contributed by atoms with Crippen molar-refractivity contribution < 1.29 is 28.5 Å². The number of carbonyl (C=O) groups is 2. The number of nitrogens with one attached hydrogen (secondary N) is 1. The van der Waals surface area contributed by atoms with Crippen LogP contribution in [0.3, 0.4) is 0 Å². The van der Waals surface area contributed by atoms with Crippen LogP contribution in [0.4, 0.5) is 10.5 Å². The Hall–Kier alpha value is -2.64. The van der Waals surface area contributed by atoms with Gasteiger partial charge in [-0.2, -0.15) is 0 Å². The van der Waals surface area contributed by atoms with E-state index >= 15 is 0 Å². The molecule has 1 rings (SSSR count). The van der Waals surface area contributed by atoms with Crippen LogP contribution in [0.2, 0.25) is 0 Å². The number of methoxy groups -OCH3 is 4. The molecule has 0 bridgehead atoms. The molecule has 0 heterocycles. The summed E-state index contributed by atoms with van der Waals surface area (Å²) in [5.41, 5.74) is 5.17. The third-order valence-corrected chi connectivity index (χ3v) is 2.48. The van der Waals surface area contributed by atoms with Gasteiger partial charge in [0.25, 0.3) is 0 Å². The van der Waals surface area contributed by atoms with Gasteiger partial charge in [0.15, 0.2) is 11.5 Å². The van der Waals surface area contributed by atoms with Crippen molar-refractivity contribution in [2.75, 3.05) is 33.8 Å². The Bertz CT molecular complexity index is 529. The van der Waals surface area contributed by atoms with Crippen molar-refractivity contribution in [2.45, 2.75) is 0 Å². The van der Waals surface area contributed by atoms with Crippen molar-refractivity contribution in [3.8, 4) is 17.2 Å². The molecule has 0 aliphatic heterocycles. The maximum Gasteiger partial charge on any atom is 0.340 e. The molecule has 0 atom stereocenters. The predicted molar refractivity (Wildman–Crippen MR) is 70.6 cm³/mol. The van der Waals surface area contributed by atoms with Gasteiger partial charge in [-0.15, -0.1) is 0 Å². The summed E-state index contributed by atoms with van der Waals surface area (Å²) in [4.78, 5) is 22.9. The summed E-state index contributed by atoms with van der Waals surface area (Å²) in [6, 6.07) is 0.499. The molecule has 1 aromatic rings. The van der Waals surface area contributed by atoms with Crippen LogP contribution in [-0.4, -0.2) is 40.4 Å². The summed E-state index contributed by atoms with van der Waals surface area (Å²) < 4.78 is 20.1. The van der Waals surface area contributed by atoms with E-state index in [9.17, 15) is 9.59 Å². The Balaban J connectivity index is 3.63. The monoisotopic (exact) mass is 284 g/mol. The Kier molecular flexibility index (Phi) is 5.01. The first-order chi connectivity index (χ1) is 9.49. The summed E-state index contributed by atoms with van der Waals surface area (Å²) in [5, 5.41) is 2.31. The molecule has 3 N–H and O–H groups in total. The maximum atomic E-state index is 11.8. The van der Waals surface area contributed by atoms with Crippen LogP contribution in [0.5, 0.6) is 17.2 Å². The van der Waals surface area contributed by atoms with Crippen molar-refractivity contribution in [1.82, 2.24) is 0 Å². The van der Waals surface area contributed by atoms with Crippen molar-refractivity contribution in [2.24, 2.45) is 5.73 Å². The predicted octanol–water partition coefficient (Wildman–Crippen LogP) is 0.990. The molecular formula is C12H16N2O6. The minimum atomic E-state index is -0.860. The SMILES string of the molecule is COC(=O)c1cc(OC)c(OC)c(OC)c1NC(N)=O. The second-order valence-electron chi connectivity index (χ2n) is 3.55. The van der Waals surface area contributed by atoms with Gasteiger partial charge in [-0.25, -0.2) is 9.59 Å². The first kappa shape index (κ1) is 15.4. The number of amides is 2. The molecule has 0 aliphatic carbocycles. The third-order valence-electron chi connectivity index (χ3n) is 2.48. The van der Waals surface area contributed by atoms with Gasteiger partial charge in [0.1, 0.15) is 5.69 Å². The van der Waals surface area contributed by atoms with E-state index in [1.807, 2.05) is 0 Å². The number of rotatable bonds is 5. The number of primary amides is 1. The average molecular weight is 284 g/mol. The summed E-state index contributed by atoms with van der Waals surface area (Å²) in [7, 11) is 5.36. The average Bonchev–Trinajstić information content (AvgIpc) is 2.44. The fraction of sp³-hybridized carbons (Fsp3) is 0.333. The second-order valence-corrected chi connectivity index (χ2v) is 3.55. The Morgan fingerprint density at radius 1 is 1.05 bits per heavy atom. The van der Waals surface area contributed by atoms with Crippen LogP contribution in [0.1, 0.15) is 10.4 Å². The zero-order chi connectivity index (χ0) is 15.3. The van der Waals surface area contributed by atoms with E-state index in [2.05, 4.69) is 10.1 Å². The third kappa shape index (κ3) is 2.85. The molecular weight excluding hydrogens is 268 g/mol. The molecule has 0 aromatic heterocycles. The quantitative estimate of drug-likeness (QED) is 0.780. The summed E-state index contributed by atoms with van der Waals surface area (Å²) in [6.45, 7) is 0. The Morgan fingerprint density at radius 2 is 1.65 bits per heavy atom. The van der Waals surface area contributed by atoms with Crippen molar-refractivity contribution in [3.63, 3.8) is 0 Å². The number of urea groups is 1. The van der Waals surface area contributed by atoms with Crippen molar-refractivity contribution >= 4 is 17.7 Å². The van der Waals surface area contributed by atoms with E-state index in [0.717, 1.165) is 0 Å². The van der Waals surface area contributed by atoms with Crippen LogP contribution >= 0.6 is 0 Å². The molecule has 20 heavy (non-hydrogen) atoms. The van der Waals surface area contributed by atoms with Crippen LogP contribution in [-0.2, 0) is 4.74 Å². The largest absolute Gasteiger partial charge is 0.493 e. The zero-order valence-corrected chi connectivity index (χ0v) is 11.6. The number of anilines is 1. The summed E-state index contributed by atoms with van der Waals surface area (Å²) in [5.74, 6) is -0.120. The van der Waals surface area contributed by atoms with E-state index < -0.39 is 12.0 Å². The second kappa shape index (κ2) is 6.50. The topological polar surface area (TPSA) is 109 Å². The fourth-order valence-electron chi connectivity index (χ4n) is 1.67. The van der Waals surface area contributed by atoms with Gasteiger partial charge in [-0.1, -0.05) is 0 Å². The highest BCUT2D eigenvalue weighted by Crippen LogP contribution is 2.45. The number of hydrogen-bond acceptors (Lipinski definition) is 6. The van der Waals surface area contributed by atoms with Gasteiger partial charge in [0.2, 0.25) is 5.75 Å². The lowest BCUT2D eigenvalue weighted by Gasteiger charge is -2.18. The normalized spacial score (nSPS) is 9.60. The van der Waals surface area contributed by atoms with Gasteiger partial charge >= 0.3 is 12.0 Å².